The van der Waals surface area contributed by atoms with Crippen molar-refractivity contribution in [3.8, 4) is 0 Å². The van der Waals surface area contributed by atoms with Gasteiger partial charge < -0.3 is 10.3 Å². The largest absolute Gasteiger partial charge is 0.344 e. The highest BCUT2D eigenvalue weighted by Gasteiger charge is 2.24. The van der Waals surface area contributed by atoms with Crippen LogP contribution in [0.4, 0.5) is 0 Å². The first-order valence-corrected chi connectivity index (χ1v) is 7.57. The monoisotopic (exact) mass is 256 g/mol. The average Bonchev–Trinajstić information content (AvgIpc) is 2.68. The van der Waals surface area contributed by atoms with Gasteiger partial charge in [-0.1, -0.05) is 31.4 Å². The number of aromatic nitrogens is 1. The molecule has 1 aromatic carbocycles. The average molecular weight is 256 g/mol. The molecular weight excluding hydrogens is 232 g/mol. The van der Waals surface area contributed by atoms with Gasteiger partial charge in [-0.2, -0.15) is 0 Å². The maximum absolute atomic E-state index is 6.03. The van der Waals surface area contributed by atoms with Gasteiger partial charge in [0.25, 0.3) is 0 Å². The lowest BCUT2D eigenvalue weighted by molar-refractivity contribution is 0.324. The van der Waals surface area contributed by atoms with E-state index in [-0.39, 0.29) is 0 Å². The Balaban J connectivity index is 2.03. The smallest absolute Gasteiger partial charge is 0.0485 e. The van der Waals surface area contributed by atoms with Crippen molar-refractivity contribution in [2.75, 3.05) is 6.54 Å². The normalized spacial score (nSPS) is 24.5. The zero-order valence-corrected chi connectivity index (χ0v) is 11.8. The Bertz CT molecular complexity index is 555. The van der Waals surface area contributed by atoms with Gasteiger partial charge in [-0.25, -0.2) is 0 Å². The van der Waals surface area contributed by atoms with Crippen LogP contribution in [0, 0.1) is 12.8 Å². The second-order valence-corrected chi connectivity index (χ2v) is 5.99. The molecule has 2 aromatic rings. The SMILES string of the molecule is Cc1ccc2ccn(C3CCCCCC3CN)c2c1. The van der Waals surface area contributed by atoms with Crippen molar-refractivity contribution >= 4 is 10.9 Å². The fourth-order valence-corrected chi connectivity index (χ4v) is 3.55. The lowest BCUT2D eigenvalue weighted by Crippen LogP contribution is -2.25. The van der Waals surface area contributed by atoms with Crippen LogP contribution in [0.15, 0.2) is 30.5 Å². The molecule has 2 nitrogen and oxygen atoms in total. The van der Waals surface area contributed by atoms with E-state index in [9.17, 15) is 0 Å². The van der Waals surface area contributed by atoms with Crippen LogP contribution in [0.1, 0.15) is 43.7 Å². The third-order valence-corrected chi connectivity index (χ3v) is 4.66. The van der Waals surface area contributed by atoms with Crippen molar-refractivity contribution in [2.45, 2.75) is 45.1 Å². The van der Waals surface area contributed by atoms with Crippen molar-refractivity contribution in [3.63, 3.8) is 0 Å². The Morgan fingerprint density at radius 1 is 1.16 bits per heavy atom. The minimum absolute atomic E-state index is 0.590. The van der Waals surface area contributed by atoms with Gasteiger partial charge in [-0.05, 0) is 55.3 Å². The van der Waals surface area contributed by atoms with Crippen LogP contribution in [0.2, 0.25) is 0 Å². The zero-order valence-electron chi connectivity index (χ0n) is 11.8. The number of aryl methyl sites for hydroxylation is 1. The molecule has 1 saturated carbocycles. The Morgan fingerprint density at radius 2 is 2.00 bits per heavy atom. The fraction of sp³-hybridized carbons (Fsp3) is 0.529. The topological polar surface area (TPSA) is 30.9 Å². The van der Waals surface area contributed by atoms with Crippen molar-refractivity contribution in [3.05, 3.63) is 36.0 Å². The molecule has 19 heavy (non-hydrogen) atoms. The van der Waals surface area contributed by atoms with E-state index in [1.54, 1.807) is 0 Å². The van der Waals surface area contributed by atoms with Gasteiger partial charge in [-0.15, -0.1) is 0 Å². The predicted octanol–water partition coefficient (Wildman–Crippen LogP) is 4.03. The second-order valence-electron chi connectivity index (χ2n) is 5.99. The number of hydrogen-bond donors (Lipinski definition) is 1. The highest BCUT2D eigenvalue weighted by atomic mass is 15.0. The molecule has 0 bridgehead atoms. The number of rotatable bonds is 2. The van der Waals surface area contributed by atoms with Crippen LogP contribution in [-0.4, -0.2) is 11.1 Å². The summed E-state index contributed by atoms with van der Waals surface area (Å²) < 4.78 is 2.49. The molecule has 2 unspecified atom stereocenters. The molecule has 0 radical (unpaired) electrons. The standard InChI is InChI=1S/C17H24N2/c1-13-7-8-14-9-10-19(17(14)11-13)16-6-4-2-3-5-15(16)12-18/h7-11,15-16H,2-6,12,18H2,1H3. The first kappa shape index (κ1) is 12.7. The lowest BCUT2D eigenvalue weighted by atomic mass is 9.94. The molecule has 1 fully saturated rings. The molecule has 2 N–H and O–H groups in total. The lowest BCUT2D eigenvalue weighted by Gasteiger charge is -2.26. The van der Waals surface area contributed by atoms with E-state index in [1.165, 1.54) is 48.6 Å². The quantitative estimate of drug-likeness (QED) is 0.808. The molecule has 3 rings (SSSR count). The molecule has 0 aliphatic heterocycles. The zero-order chi connectivity index (χ0) is 13.2. The Morgan fingerprint density at radius 3 is 2.84 bits per heavy atom. The summed E-state index contributed by atoms with van der Waals surface area (Å²) in [5, 5.41) is 1.35. The minimum Gasteiger partial charge on any atom is -0.344 e. The van der Waals surface area contributed by atoms with Crippen LogP contribution in [-0.2, 0) is 0 Å². The minimum atomic E-state index is 0.590. The molecule has 1 aromatic heterocycles. The Hall–Kier alpha value is -1.28. The van der Waals surface area contributed by atoms with Gasteiger partial charge >= 0.3 is 0 Å². The summed E-state index contributed by atoms with van der Waals surface area (Å²) in [4.78, 5) is 0. The number of nitrogens with zero attached hydrogens (tertiary/aromatic N) is 1. The van der Waals surface area contributed by atoms with E-state index < -0.39 is 0 Å². The molecule has 2 atom stereocenters. The molecule has 0 saturated heterocycles. The summed E-state index contributed by atoms with van der Waals surface area (Å²) in [7, 11) is 0. The Labute approximate surface area is 115 Å². The van der Waals surface area contributed by atoms with Crippen LogP contribution in [0.25, 0.3) is 10.9 Å². The van der Waals surface area contributed by atoms with E-state index in [0.717, 1.165) is 6.54 Å². The van der Waals surface area contributed by atoms with Crippen molar-refractivity contribution < 1.29 is 0 Å². The van der Waals surface area contributed by atoms with Gasteiger partial charge in [0.15, 0.2) is 0 Å². The van der Waals surface area contributed by atoms with E-state index in [1.807, 2.05) is 0 Å². The second kappa shape index (κ2) is 5.38. The van der Waals surface area contributed by atoms with E-state index in [0.29, 0.717) is 12.0 Å². The highest BCUT2D eigenvalue weighted by Crippen LogP contribution is 2.34. The molecule has 1 heterocycles. The number of hydrogen-bond acceptors (Lipinski definition) is 1. The maximum Gasteiger partial charge on any atom is 0.0485 e. The van der Waals surface area contributed by atoms with Gasteiger partial charge in [0, 0.05) is 17.8 Å². The summed E-state index contributed by atoms with van der Waals surface area (Å²) in [6.07, 6.45) is 8.88. The molecule has 1 aliphatic rings. The van der Waals surface area contributed by atoms with Crippen molar-refractivity contribution in [1.82, 2.24) is 4.57 Å². The highest BCUT2D eigenvalue weighted by molar-refractivity contribution is 5.81. The van der Waals surface area contributed by atoms with E-state index >= 15 is 0 Å². The number of fused-ring (bicyclic) bond motifs is 1. The van der Waals surface area contributed by atoms with Crippen molar-refractivity contribution in [2.24, 2.45) is 11.7 Å². The van der Waals surface area contributed by atoms with E-state index in [2.05, 4.69) is 42.0 Å². The Kier molecular flexibility index (Phi) is 3.61. The van der Waals surface area contributed by atoms with Gasteiger partial charge in [0.05, 0.1) is 0 Å². The predicted molar refractivity (Wildman–Crippen MR) is 81.3 cm³/mol. The van der Waals surface area contributed by atoms with Crippen LogP contribution in [0.5, 0.6) is 0 Å². The molecule has 2 heteroatoms. The van der Waals surface area contributed by atoms with Crippen molar-refractivity contribution in [1.29, 1.82) is 0 Å². The van der Waals surface area contributed by atoms with Crippen LogP contribution < -0.4 is 5.73 Å². The first-order chi connectivity index (χ1) is 9.29. The molecular formula is C17H24N2. The molecule has 1 aliphatic carbocycles. The summed E-state index contributed by atoms with van der Waals surface area (Å²) in [5.41, 5.74) is 8.75. The third-order valence-electron chi connectivity index (χ3n) is 4.66. The number of benzene rings is 1. The van der Waals surface area contributed by atoms with Gasteiger partial charge in [0.1, 0.15) is 0 Å². The van der Waals surface area contributed by atoms with E-state index in [4.69, 9.17) is 5.73 Å². The first-order valence-electron chi connectivity index (χ1n) is 7.57. The molecule has 0 amide bonds. The van der Waals surface area contributed by atoms with Crippen LogP contribution >= 0.6 is 0 Å². The summed E-state index contributed by atoms with van der Waals surface area (Å²) in [5.74, 6) is 0.638. The molecule has 0 spiro atoms. The fourth-order valence-electron chi connectivity index (χ4n) is 3.55. The van der Waals surface area contributed by atoms with Gasteiger partial charge in [-0.3, -0.25) is 0 Å². The van der Waals surface area contributed by atoms with Crippen LogP contribution in [0.3, 0.4) is 0 Å². The van der Waals surface area contributed by atoms with Gasteiger partial charge in [0.2, 0.25) is 0 Å². The summed E-state index contributed by atoms with van der Waals surface area (Å²) in [6.45, 7) is 2.99. The third kappa shape index (κ3) is 2.42. The molecule has 102 valence electrons. The summed E-state index contributed by atoms with van der Waals surface area (Å²) in [6, 6.07) is 9.57. The number of nitrogens with two attached hydrogens (primary N) is 1. The summed E-state index contributed by atoms with van der Waals surface area (Å²) >= 11 is 0. The maximum atomic E-state index is 6.03.